The first-order valence-corrected chi connectivity index (χ1v) is 9.94. The first-order chi connectivity index (χ1) is 14.8. The van der Waals surface area contributed by atoms with Crippen molar-refractivity contribution in [1.82, 2.24) is 9.97 Å². The fraction of sp³-hybridized carbons (Fsp3) is 0.0385. The third-order valence-electron chi connectivity index (χ3n) is 5.28. The number of hydrogen-bond acceptors (Lipinski definition) is 3. The molecule has 2 aromatic carbocycles. The summed E-state index contributed by atoms with van der Waals surface area (Å²) in [6, 6.07) is 26.9. The van der Waals surface area contributed by atoms with Gasteiger partial charge in [-0.05, 0) is 23.3 Å². The summed E-state index contributed by atoms with van der Waals surface area (Å²) in [7, 11) is 0. The molecule has 0 saturated carbocycles. The van der Waals surface area contributed by atoms with Gasteiger partial charge in [0.25, 0.3) is 0 Å². The molecule has 0 saturated heterocycles. The Balaban J connectivity index is 1.79. The van der Waals surface area contributed by atoms with Gasteiger partial charge in [0.2, 0.25) is 0 Å². The van der Waals surface area contributed by atoms with Crippen molar-refractivity contribution in [2.75, 3.05) is 0 Å². The standard InChI is InChI=1S/C26H20N4/c27-17-18-6-8-20(9-7-18)26-22(19-4-2-1-3-5-19)16-23-24(30-26)12-15-29-25(23)21-10-13-28-14-11-21/h1-16H,17,27H2/p+1. The molecule has 30 heavy (non-hydrogen) atoms. The maximum Gasteiger partial charge on any atom is 0.167 e. The molecule has 3 aromatic heterocycles. The average Bonchev–Trinajstić information content (AvgIpc) is 2.84. The lowest BCUT2D eigenvalue weighted by molar-refractivity contribution is -0.377. The van der Waals surface area contributed by atoms with Gasteiger partial charge in [0.05, 0.1) is 16.9 Å². The lowest BCUT2D eigenvalue weighted by atomic mass is 9.96. The number of H-pyrrole nitrogens is 1. The molecule has 4 nitrogen and oxygen atoms in total. The molecule has 0 aliphatic carbocycles. The summed E-state index contributed by atoms with van der Waals surface area (Å²) in [4.78, 5) is 12.8. The van der Waals surface area contributed by atoms with E-state index < -0.39 is 0 Å². The second-order valence-corrected chi connectivity index (χ2v) is 7.17. The molecular formula is C26H21N4+. The van der Waals surface area contributed by atoms with Crippen LogP contribution in [0.15, 0.2) is 97.5 Å². The Labute approximate surface area is 175 Å². The van der Waals surface area contributed by atoms with Gasteiger partial charge in [-0.1, -0.05) is 54.6 Å². The molecule has 0 radical (unpaired) electrons. The highest BCUT2D eigenvalue weighted by molar-refractivity contribution is 5.98. The molecule has 0 fully saturated rings. The van der Waals surface area contributed by atoms with Crippen LogP contribution in [0.2, 0.25) is 0 Å². The minimum atomic E-state index is 0.528. The SMILES string of the molecule is NCc1ccc(-c2nc3ccnc(-c4cc[nH+]cc4)c3cc2-c2ccccc2)cc1. The van der Waals surface area contributed by atoms with Crippen LogP contribution in [0.5, 0.6) is 0 Å². The zero-order valence-corrected chi connectivity index (χ0v) is 16.4. The van der Waals surface area contributed by atoms with Crippen molar-refractivity contribution >= 4 is 10.9 Å². The highest BCUT2D eigenvalue weighted by atomic mass is 14.7. The summed E-state index contributed by atoms with van der Waals surface area (Å²) in [5.41, 5.74) is 14.0. The summed E-state index contributed by atoms with van der Waals surface area (Å²) >= 11 is 0. The number of hydrogen-bond donors (Lipinski definition) is 1. The highest BCUT2D eigenvalue weighted by Crippen LogP contribution is 2.36. The molecule has 5 rings (SSSR count). The van der Waals surface area contributed by atoms with Crippen LogP contribution in [0.3, 0.4) is 0 Å². The zero-order chi connectivity index (χ0) is 20.3. The van der Waals surface area contributed by atoms with E-state index in [-0.39, 0.29) is 0 Å². The summed E-state index contributed by atoms with van der Waals surface area (Å²) in [5, 5.41) is 1.03. The number of nitrogens with two attached hydrogens (primary N) is 1. The van der Waals surface area contributed by atoms with E-state index in [0.717, 1.165) is 50.1 Å². The van der Waals surface area contributed by atoms with Gasteiger partial charge in [-0.2, -0.15) is 0 Å². The minimum absolute atomic E-state index is 0.528. The van der Waals surface area contributed by atoms with Gasteiger partial charge in [-0.25, -0.2) is 9.97 Å². The van der Waals surface area contributed by atoms with Crippen LogP contribution in [-0.4, -0.2) is 9.97 Å². The Morgan fingerprint density at radius 1 is 0.733 bits per heavy atom. The number of aromatic amines is 1. The Morgan fingerprint density at radius 2 is 1.47 bits per heavy atom. The quantitative estimate of drug-likeness (QED) is 0.475. The van der Waals surface area contributed by atoms with Gasteiger partial charge in [0.15, 0.2) is 12.4 Å². The van der Waals surface area contributed by atoms with Crippen LogP contribution in [0.1, 0.15) is 5.56 Å². The molecule has 3 heterocycles. The van der Waals surface area contributed by atoms with Crippen molar-refractivity contribution in [1.29, 1.82) is 0 Å². The van der Waals surface area contributed by atoms with Gasteiger partial charge in [-0.3, -0.25) is 4.98 Å². The molecule has 0 spiro atoms. The lowest BCUT2D eigenvalue weighted by Gasteiger charge is -2.13. The number of fused-ring (bicyclic) bond motifs is 1. The monoisotopic (exact) mass is 389 g/mol. The molecule has 4 heteroatoms. The van der Waals surface area contributed by atoms with E-state index in [0.29, 0.717) is 6.54 Å². The maximum atomic E-state index is 5.78. The van der Waals surface area contributed by atoms with Crippen molar-refractivity contribution < 1.29 is 4.98 Å². The normalized spacial score (nSPS) is 11.0. The second-order valence-electron chi connectivity index (χ2n) is 7.17. The molecule has 5 aromatic rings. The first kappa shape index (κ1) is 18.2. The Kier molecular flexibility index (Phi) is 4.75. The van der Waals surface area contributed by atoms with Crippen molar-refractivity contribution in [3.8, 4) is 33.6 Å². The molecule has 0 amide bonds. The molecule has 144 valence electrons. The van der Waals surface area contributed by atoms with Gasteiger partial charge < -0.3 is 5.73 Å². The number of benzene rings is 2. The summed E-state index contributed by atoms with van der Waals surface area (Å²) in [6.45, 7) is 0.528. The third kappa shape index (κ3) is 3.34. The molecular weight excluding hydrogens is 368 g/mol. The number of nitrogens with zero attached hydrogens (tertiary/aromatic N) is 2. The summed E-state index contributed by atoms with van der Waals surface area (Å²) < 4.78 is 0. The van der Waals surface area contributed by atoms with Crippen molar-refractivity contribution in [3.05, 3.63) is 103 Å². The molecule has 0 atom stereocenters. The lowest BCUT2D eigenvalue weighted by Crippen LogP contribution is -1.99. The number of aromatic nitrogens is 3. The Morgan fingerprint density at radius 3 is 2.20 bits per heavy atom. The van der Waals surface area contributed by atoms with Crippen molar-refractivity contribution in [3.63, 3.8) is 0 Å². The van der Waals surface area contributed by atoms with Gasteiger partial charge in [0, 0.05) is 47.0 Å². The van der Waals surface area contributed by atoms with E-state index in [1.165, 1.54) is 0 Å². The Hall–Kier alpha value is -3.89. The Bertz CT molecular complexity index is 1300. The number of rotatable bonds is 4. The number of pyridine rings is 3. The summed E-state index contributed by atoms with van der Waals surface area (Å²) in [6.07, 6.45) is 5.65. The van der Waals surface area contributed by atoms with Crippen LogP contribution in [-0.2, 0) is 6.54 Å². The largest absolute Gasteiger partial charge is 0.326 e. The van der Waals surface area contributed by atoms with Crippen LogP contribution >= 0.6 is 0 Å². The van der Waals surface area contributed by atoms with Crippen molar-refractivity contribution in [2.24, 2.45) is 5.73 Å². The van der Waals surface area contributed by atoms with Gasteiger partial charge >= 0.3 is 0 Å². The average molecular weight is 389 g/mol. The van der Waals surface area contributed by atoms with E-state index in [1.807, 2.05) is 42.9 Å². The second kappa shape index (κ2) is 7.85. The maximum absolute atomic E-state index is 5.78. The zero-order valence-electron chi connectivity index (χ0n) is 16.4. The van der Waals surface area contributed by atoms with E-state index in [2.05, 4.69) is 64.6 Å². The molecule has 0 unspecified atom stereocenters. The smallest absolute Gasteiger partial charge is 0.167 e. The van der Waals surface area contributed by atoms with E-state index >= 15 is 0 Å². The molecule has 0 aliphatic heterocycles. The predicted molar refractivity (Wildman–Crippen MR) is 120 cm³/mol. The van der Waals surface area contributed by atoms with Crippen LogP contribution < -0.4 is 10.7 Å². The van der Waals surface area contributed by atoms with E-state index in [4.69, 9.17) is 10.7 Å². The van der Waals surface area contributed by atoms with Gasteiger partial charge in [-0.15, -0.1) is 0 Å². The van der Waals surface area contributed by atoms with Crippen LogP contribution in [0.25, 0.3) is 44.5 Å². The molecule has 3 N–H and O–H groups in total. The van der Waals surface area contributed by atoms with E-state index in [1.54, 1.807) is 0 Å². The number of nitrogens with one attached hydrogen (secondary N) is 1. The van der Waals surface area contributed by atoms with Gasteiger partial charge in [0.1, 0.15) is 0 Å². The van der Waals surface area contributed by atoms with Crippen LogP contribution in [0.4, 0.5) is 0 Å². The minimum Gasteiger partial charge on any atom is -0.326 e. The highest BCUT2D eigenvalue weighted by Gasteiger charge is 2.15. The fourth-order valence-electron chi connectivity index (χ4n) is 3.73. The topological polar surface area (TPSA) is 65.9 Å². The molecule has 0 aliphatic rings. The van der Waals surface area contributed by atoms with Crippen LogP contribution in [0, 0.1) is 0 Å². The van der Waals surface area contributed by atoms with Crippen molar-refractivity contribution in [2.45, 2.75) is 6.54 Å². The first-order valence-electron chi connectivity index (χ1n) is 9.94. The fourth-order valence-corrected chi connectivity index (χ4v) is 3.73. The third-order valence-corrected chi connectivity index (χ3v) is 5.28. The summed E-state index contributed by atoms with van der Waals surface area (Å²) in [5.74, 6) is 0. The predicted octanol–water partition coefficient (Wildman–Crippen LogP) is 4.90. The molecule has 0 bridgehead atoms. The van der Waals surface area contributed by atoms with E-state index in [9.17, 15) is 0 Å².